The van der Waals surface area contributed by atoms with Gasteiger partial charge in [0.05, 0.1) is 0 Å². The molecule has 0 radical (unpaired) electrons. The van der Waals surface area contributed by atoms with Gasteiger partial charge in [0.25, 0.3) is 0 Å². The lowest BCUT2D eigenvalue weighted by molar-refractivity contribution is -0.462. The molecule has 2 aliphatic carbocycles. The van der Waals surface area contributed by atoms with Crippen molar-refractivity contribution in [2.45, 2.75) is 0 Å². The lowest BCUT2D eigenvalue weighted by atomic mass is 10.0. The van der Waals surface area contributed by atoms with Gasteiger partial charge in [-0.05, 0) is 25.4 Å². The fourth-order valence-corrected chi connectivity index (χ4v) is 1.85. The van der Waals surface area contributed by atoms with Crippen LogP contribution in [0.5, 0.6) is 0 Å². The zero-order valence-electron chi connectivity index (χ0n) is 12.0. The minimum atomic E-state index is 1.10. The van der Waals surface area contributed by atoms with E-state index >= 15 is 0 Å². The molecule has 98 valence electrons. The average Bonchev–Trinajstić information content (AvgIpc) is 2.40. The van der Waals surface area contributed by atoms with E-state index in [-0.39, 0.29) is 0 Å². The second kappa shape index (κ2) is 5.64. The summed E-state index contributed by atoms with van der Waals surface area (Å²) in [6.45, 7) is 0. The van der Waals surface area contributed by atoms with Gasteiger partial charge in [0, 0.05) is 12.2 Å². The SMILES string of the molecule is CN(C)C1=C[CH-]C(=C=C2C=CC(=[N+](C)C)C=C2)C=C1. The minimum absolute atomic E-state index is 1.10. The maximum absolute atomic E-state index is 3.40. The molecule has 0 saturated carbocycles. The molecule has 2 nitrogen and oxygen atoms in total. The lowest BCUT2D eigenvalue weighted by Crippen LogP contribution is -2.10. The van der Waals surface area contributed by atoms with E-state index in [1.54, 1.807) is 0 Å². The minimum Gasteiger partial charge on any atom is -0.416 e. The molecule has 0 aromatic heterocycles. The third-order valence-electron chi connectivity index (χ3n) is 3.06. The fourth-order valence-electron chi connectivity index (χ4n) is 1.85. The second-order valence-corrected chi connectivity index (χ2v) is 5.01. The van der Waals surface area contributed by atoms with Gasteiger partial charge in [-0.3, -0.25) is 0 Å². The molecule has 0 unspecified atom stereocenters. The normalized spacial score (nSPS) is 17.1. The quantitative estimate of drug-likeness (QED) is 0.395. The zero-order chi connectivity index (χ0) is 13.8. The fraction of sp³-hybridized carbons (Fsp3) is 0.235. The van der Waals surface area contributed by atoms with Gasteiger partial charge in [-0.1, -0.05) is 12.2 Å². The van der Waals surface area contributed by atoms with Crippen LogP contribution in [-0.4, -0.2) is 43.4 Å². The Labute approximate surface area is 115 Å². The highest BCUT2D eigenvalue weighted by molar-refractivity contribution is 6.02. The van der Waals surface area contributed by atoms with Crippen molar-refractivity contribution in [2.24, 2.45) is 0 Å². The van der Waals surface area contributed by atoms with Crippen molar-refractivity contribution < 1.29 is 4.58 Å². The van der Waals surface area contributed by atoms with E-state index in [4.69, 9.17) is 0 Å². The zero-order valence-corrected chi connectivity index (χ0v) is 12.0. The number of likely N-dealkylation sites (N-methyl/N-ethyl adjacent to an activating group) is 1. The van der Waals surface area contributed by atoms with Crippen LogP contribution >= 0.6 is 0 Å². The number of hydrogen-bond acceptors (Lipinski definition) is 1. The molecule has 0 atom stereocenters. The molecule has 0 aliphatic heterocycles. The highest BCUT2D eigenvalue weighted by Crippen LogP contribution is 2.16. The standard InChI is InChI=1S/C17H20N2/c1-18(2)16-9-5-14(6-10-16)13-15-7-11-17(12-8-15)19(3)4/h5-12H,1-4H3. The molecule has 0 saturated heterocycles. The predicted octanol–water partition coefficient (Wildman–Crippen LogP) is 2.50. The van der Waals surface area contributed by atoms with Crippen molar-refractivity contribution in [3.63, 3.8) is 0 Å². The van der Waals surface area contributed by atoms with Crippen LogP contribution in [0.2, 0.25) is 0 Å². The van der Waals surface area contributed by atoms with Crippen LogP contribution in [0.15, 0.2) is 65.1 Å². The Morgan fingerprint density at radius 3 is 2.16 bits per heavy atom. The van der Waals surface area contributed by atoms with Gasteiger partial charge >= 0.3 is 0 Å². The van der Waals surface area contributed by atoms with Crippen LogP contribution in [0.25, 0.3) is 0 Å². The molecule has 2 heteroatoms. The topological polar surface area (TPSA) is 6.25 Å². The molecule has 2 aliphatic rings. The first-order valence-corrected chi connectivity index (χ1v) is 6.38. The molecule has 0 aromatic rings. The van der Waals surface area contributed by atoms with Gasteiger partial charge in [-0.25, -0.2) is 10.3 Å². The summed E-state index contributed by atoms with van der Waals surface area (Å²) in [7, 11) is 8.18. The van der Waals surface area contributed by atoms with Crippen LogP contribution in [0.3, 0.4) is 0 Å². The molecule has 0 bridgehead atoms. The third kappa shape index (κ3) is 3.40. The molecule has 0 heterocycles. The summed E-state index contributed by atoms with van der Waals surface area (Å²) in [6, 6.07) is 0. The Hall–Kier alpha value is -2.18. The first-order valence-electron chi connectivity index (χ1n) is 6.38. The molecular weight excluding hydrogens is 232 g/mol. The highest BCUT2D eigenvalue weighted by Gasteiger charge is 2.02. The summed E-state index contributed by atoms with van der Waals surface area (Å²) in [5.41, 5.74) is 8.00. The Bertz CT molecular complexity index is 565. The predicted molar refractivity (Wildman–Crippen MR) is 81.1 cm³/mol. The van der Waals surface area contributed by atoms with Crippen LogP contribution in [0.4, 0.5) is 0 Å². The van der Waals surface area contributed by atoms with Crippen molar-refractivity contribution in [1.29, 1.82) is 0 Å². The number of hydrogen-bond donors (Lipinski definition) is 0. The molecule has 0 spiro atoms. The highest BCUT2D eigenvalue weighted by atomic mass is 15.1. The Kier molecular flexibility index (Phi) is 3.94. The Balaban J connectivity index is 2.20. The van der Waals surface area contributed by atoms with Crippen LogP contribution in [-0.2, 0) is 0 Å². The van der Waals surface area contributed by atoms with E-state index in [0.717, 1.165) is 11.1 Å². The van der Waals surface area contributed by atoms with Gasteiger partial charge in [0.15, 0.2) is 5.71 Å². The van der Waals surface area contributed by atoms with Crippen LogP contribution in [0.1, 0.15) is 0 Å². The van der Waals surface area contributed by atoms with Crippen molar-refractivity contribution in [2.75, 3.05) is 28.2 Å². The molecular formula is C17H20N2. The molecule has 19 heavy (non-hydrogen) atoms. The molecule has 0 aromatic carbocycles. The number of rotatable bonds is 1. The first kappa shape index (κ1) is 13.3. The summed E-state index contributed by atoms with van der Waals surface area (Å²) in [6.07, 6.45) is 16.8. The molecule has 0 amide bonds. The van der Waals surface area contributed by atoms with E-state index in [9.17, 15) is 0 Å². The lowest BCUT2D eigenvalue weighted by Gasteiger charge is -2.23. The summed E-state index contributed by atoms with van der Waals surface area (Å²) < 4.78 is 2.09. The van der Waals surface area contributed by atoms with E-state index in [1.807, 2.05) is 28.2 Å². The maximum atomic E-state index is 3.40. The summed E-state index contributed by atoms with van der Waals surface area (Å²) in [5.74, 6) is 0. The molecule has 0 N–H and O–H groups in total. The van der Waals surface area contributed by atoms with Crippen molar-refractivity contribution >= 4 is 5.71 Å². The van der Waals surface area contributed by atoms with Crippen molar-refractivity contribution in [3.8, 4) is 0 Å². The van der Waals surface area contributed by atoms with E-state index in [2.05, 4.69) is 64.2 Å². The van der Waals surface area contributed by atoms with Gasteiger partial charge in [0.2, 0.25) is 0 Å². The van der Waals surface area contributed by atoms with E-state index in [0.29, 0.717) is 0 Å². The maximum Gasteiger partial charge on any atom is 0.199 e. The van der Waals surface area contributed by atoms with Crippen molar-refractivity contribution in [1.82, 2.24) is 4.90 Å². The molecule has 2 rings (SSSR count). The van der Waals surface area contributed by atoms with Gasteiger partial charge in [0.1, 0.15) is 14.1 Å². The Morgan fingerprint density at radius 2 is 1.68 bits per heavy atom. The molecule has 0 fully saturated rings. The summed E-state index contributed by atoms with van der Waals surface area (Å²) >= 11 is 0. The first-order chi connectivity index (χ1) is 9.06. The van der Waals surface area contributed by atoms with Gasteiger partial charge in [-0.15, -0.1) is 30.2 Å². The summed E-state index contributed by atoms with van der Waals surface area (Å²) in [4.78, 5) is 2.09. The average molecular weight is 252 g/mol. The smallest absolute Gasteiger partial charge is 0.199 e. The van der Waals surface area contributed by atoms with Crippen molar-refractivity contribution in [3.05, 3.63) is 71.5 Å². The second-order valence-electron chi connectivity index (χ2n) is 5.01. The number of nitrogens with zero attached hydrogens (tertiary/aromatic N) is 2. The van der Waals surface area contributed by atoms with Gasteiger partial charge in [-0.2, -0.15) is 0 Å². The van der Waals surface area contributed by atoms with E-state index in [1.165, 1.54) is 11.4 Å². The van der Waals surface area contributed by atoms with Crippen LogP contribution in [0, 0.1) is 6.42 Å². The van der Waals surface area contributed by atoms with E-state index < -0.39 is 0 Å². The summed E-state index contributed by atoms with van der Waals surface area (Å²) in [5, 5.41) is 0. The van der Waals surface area contributed by atoms with Gasteiger partial charge < -0.3 is 4.90 Å². The van der Waals surface area contributed by atoms with Crippen LogP contribution < -0.4 is 0 Å². The number of allylic oxidation sites excluding steroid dienone is 8. The Morgan fingerprint density at radius 1 is 1.00 bits per heavy atom. The monoisotopic (exact) mass is 252 g/mol. The largest absolute Gasteiger partial charge is 0.416 e. The third-order valence-corrected chi connectivity index (χ3v) is 3.06.